The first-order valence-corrected chi connectivity index (χ1v) is 9.49. The summed E-state index contributed by atoms with van der Waals surface area (Å²) in [6.07, 6.45) is 1.49. The van der Waals surface area contributed by atoms with Crippen LogP contribution in [-0.4, -0.2) is 41.8 Å². The van der Waals surface area contributed by atoms with Crippen molar-refractivity contribution in [1.29, 1.82) is 0 Å². The molecule has 2 heterocycles. The standard InChI is InChI=1S/C21H21FN4O4/c1-28-17-8-4-3-6-14(17)19-24-20(30-25-19)16-7-5-11-26(16)21(27)23-13-9-10-18(29-2)15(22)12-13/h3-4,6,8-10,12,16H,5,7,11H2,1-2H3,(H,23,27). The Hall–Kier alpha value is -3.62. The molecule has 8 nitrogen and oxygen atoms in total. The number of anilines is 1. The number of rotatable bonds is 5. The molecule has 3 aromatic rings. The maximum atomic E-state index is 13.9. The molecule has 1 saturated heterocycles. The van der Waals surface area contributed by atoms with E-state index in [9.17, 15) is 9.18 Å². The fourth-order valence-electron chi connectivity index (χ4n) is 3.52. The number of methoxy groups -OCH3 is 2. The molecular formula is C21H21FN4O4. The summed E-state index contributed by atoms with van der Waals surface area (Å²) in [4.78, 5) is 18.9. The van der Waals surface area contributed by atoms with Gasteiger partial charge in [0, 0.05) is 18.3 Å². The molecule has 1 aromatic heterocycles. The molecule has 0 bridgehead atoms. The van der Waals surface area contributed by atoms with Crippen molar-refractivity contribution >= 4 is 11.7 Å². The smallest absolute Gasteiger partial charge is 0.322 e. The molecule has 4 rings (SSSR count). The number of halogens is 1. The van der Waals surface area contributed by atoms with Crippen LogP contribution < -0.4 is 14.8 Å². The zero-order valence-electron chi connectivity index (χ0n) is 16.6. The minimum Gasteiger partial charge on any atom is -0.496 e. The lowest BCUT2D eigenvalue weighted by molar-refractivity contribution is 0.193. The predicted octanol–water partition coefficient (Wildman–Crippen LogP) is 4.26. The molecule has 2 amide bonds. The van der Waals surface area contributed by atoms with E-state index in [4.69, 9.17) is 14.0 Å². The molecule has 156 valence electrons. The molecule has 0 spiro atoms. The molecule has 1 aliphatic heterocycles. The molecule has 1 unspecified atom stereocenters. The summed E-state index contributed by atoms with van der Waals surface area (Å²) in [5, 5.41) is 6.77. The van der Waals surface area contributed by atoms with Crippen molar-refractivity contribution in [3.05, 3.63) is 54.2 Å². The molecule has 1 N–H and O–H groups in total. The molecule has 1 fully saturated rings. The molecule has 0 saturated carbocycles. The summed E-state index contributed by atoms with van der Waals surface area (Å²) >= 11 is 0. The van der Waals surface area contributed by atoms with Crippen LogP contribution in [0.3, 0.4) is 0 Å². The summed E-state index contributed by atoms with van der Waals surface area (Å²) < 4.78 is 29.6. The van der Waals surface area contributed by atoms with E-state index in [2.05, 4.69) is 15.5 Å². The van der Waals surface area contributed by atoms with Crippen LogP contribution in [0.25, 0.3) is 11.4 Å². The monoisotopic (exact) mass is 412 g/mol. The summed E-state index contributed by atoms with van der Waals surface area (Å²) in [5.41, 5.74) is 1.04. The van der Waals surface area contributed by atoms with Crippen LogP contribution in [0.5, 0.6) is 11.5 Å². The highest BCUT2D eigenvalue weighted by Crippen LogP contribution is 2.34. The lowest BCUT2D eigenvalue weighted by Crippen LogP contribution is -2.34. The number of amides is 2. The normalized spacial score (nSPS) is 15.8. The van der Waals surface area contributed by atoms with Crippen molar-refractivity contribution in [1.82, 2.24) is 15.0 Å². The highest BCUT2D eigenvalue weighted by atomic mass is 19.1. The van der Waals surface area contributed by atoms with Gasteiger partial charge in [0.1, 0.15) is 11.8 Å². The van der Waals surface area contributed by atoms with Crippen LogP contribution in [0, 0.1) is 5.82 Å². The summed E-state index contributed by atoms with van der Waals surface area (Å²) in [6.45, 7) is 0.529. The molecule has 30 heavy (non-hydrogen) atoms. The van der Waals surface area contributed by atoms with Gasteiger partial charge in [-0.05, 0) is 37.1 Å². The fraction of sp³-hybridized carbons (Fsp3) is 0.286. The Morgan fingerprint density at radius 1 is 1.20 bits per heavy atom. The van der Waals surface area contributed by atoms with E-state index in [0.717, 1.165) is 6.42 Å². The number of nitrogens with zero attached hydrogens (tertiary/aromatic N) is 3. The van der Waals surface area contributed by atoms with Crippen LogP contribution in [-0.2, 0) is 0 Å². The topological polar surface area (TPSA) is 89.7 Å². The number of benzene rings is 2. The van der Waals surface area contributed by atoms with Crippen molar-refractivity contribution in [2.24, 2.45) is 0 Å². The number of para-hydroxylation sites is 1. The van der Waals surface area contributed by atoms with E-state index in [0.29, 0.717) is 41.7 Å². The first kappa shape index (κ1) is 19.7. The number of aromatic nitrogens is 2. The predicted molar refractivity (Wildman–Crippen MR) is 107 cm³/mol. The lowest BCUT2D eigenvalue weighted by Gasteiger charge is -2.22. The van der Waals surface area contributed by atoms with Crippen LogP contribution in [0.15, 0.2) is 47.0 Å². The Kier molecular flexibility index (Phi) is 5.51. The highest BCUT2D eigenvalue weighted by molar-refractivity contribution is 5.89. The number of nitrogens with one attached hydrogen (secondary N) is 1. The second-order valence-electron chi connectivity index (χ2n) is 6.79. The van der Waals surface area contributed by atoms with Gasteiger partial charge < -0.3 is 24.2 Å². The first-order valence-electron chi connectivity index (χ1n) is 9.49. The Bertz CT molecular complexity index is 1050. The van der Waals surface area contributed by atoms with Gasteiger partial charge in [0.05, 0.1) is 19.8 Å². The number of ether oxygens (including phenoxy) is 2. The van der Waals surface area contributed by atoms with Gasteiger partial charge in [0.15, 0.2) is 11.6 Å². The number of carbonyl (C=O) groups is 1. The van der Waals surface area contributed by atoms with E-state index in [1.807, 2.05) is 24.3 Å². The molecule has 9 heteroatoms. The first-order chi connectivity index (χ1) is 14.6. The largest absolute Gasteiger partial charge is 0.496 e. The highest BCUT2D eigenvalue weighted by Gasteiger charge is 2.34. The van der Waals surface area contributed by atoms with Crippen LogP contribution in [0.4, 0.5) is 14.9 Å². The zero-order valence-corrected chi connectivity index (χ0v) is 16.6. The number of likely N-dealkylation sites (tertiary alicyclic amines) is 1. The van der Waals surface area contributed by atoms with E-state index in [1.165, 1.54) is 19.2 Å². The third kappa shape index (κ3) is 3.78. The van der Waals surface area contributed by atoms with Crippen LogP contribution in [0.2, 0.25) is 0 Å². The molecule has 1 atom stereocenters. The van der Waals surface area contributed by atoms with Gasteiger partial charge in [-0.2, -0.15) is 4.98 Å². The number of hydrogen-bond acceptors (Lipinski definition) is 6. The number of urea groups is 1. The van der Waals surface area contributed by atoms with Crippen molar-refractivity contribution < 1.29 is 23.2 Å². The molecular weight excluding hydrogens is 391 g/mol. The molecule has 0 radical (unpaired) electrons. The van der Waals surface area contributed by atoms with E-state index in [1.54, 1.807) is 18.1 Å². The van der Waals surface area contributed by atoms with Gasteiger partial charge in [-0.3, -0.25) is 0 Å². The third-order valence-corrected chi connectivity index (χ3v) is 4.99. The van der Waals surface area contributed by atoms with Crippen molar-refractivity contribution in [3.63, 3.8) is 0 Å². The lowest BCUT2D eigenvalue weighted by atomic mass is 10.2. The van der Waals surface area contributed by atoms with Gasteiger partial charge in [-0.25, -0.2) is 9.18 Å². The average molecular weight is 412 g/mol. The molecule has 0 aliphatic carbocycles. The Morgan fingerprint density at radius 2 is 2.00 bits per heavy atom. The van der Waals surface area contributed by atoms with Crippen molar-refractivity contribution in [3.8, 4) is 22.9 Å². The average Bonchev–Trinajstić information content (AvgIpc) is 3.43. The van der Waals surface area contributed by atoms with Gasteiger partial charge in [0.2, 0.25) is 11.7 Å². The summed E-state index contributed by atoms with van der Waals surface area (Å²) in [5.74, 6) is 0.942. The number of hydrogen-bond donors (Lipinski definition) is 1. The minimum absolute atomic E-state index is 0.113. The maximum Gasteiger partial charge on any atom is 0.322 e. The zero-order chi connectivity index (χ0) is 21.1. The number of carbonyl (C=O) groups excluding carboxylic acids is 1. The third-order valence-electron chi connectivity index (χ3n) is 4.99. The van der Waals surface area contributed by atoms with Crippen molar-refractivity contribution in [2.45, 2.75) is 18.9 Å². The Balaban J connectivity index is 1.52. The SMILES string of the molecule is COc1ccc(NC(=O)N2CCCC2c2nc(-c3ccccc3OC)no2)cc1F. The van der Waals surface area contributed by atoms with Gasteiger partial charge in [0.25, 0.3) is 0 Å². The Labute approximate surface area is 172 Å². The minimum atomic E-state index is -0.549. The van der Waals surface area contributed by atoms with Crippen LogP contribution >= 0.6 is 0 Å². The Morgan fingerprint density at radius 3 is 2.77 bits per heavy atom. The van der Waals surface area contributed by atoms with E-state index < -0.39 is 5.82 Å². The van der Waals surface area contributed by atoms with Gasteiger partial charge in [-0.1, -0.05) is 17.3 Å². The fourth-order valence-corrected chi connectivity index (χ4v) is 3.52. The summed E-state index contributed by atoms with van der Waals surface area (Å²) in [7, 11) is 2.96. The van der Waals surface area contributed by atoms with E-state index >= 15 is 0 Å². The van der Waals surface area contributed by atoms with Crippen molar-refractivity contribution in [2.75, 3.05) is 26.1 Å². The second-order valence-corrected chi connectivity index (χ2v) is 6.79. The van der Waals surface area contributed by atoms with E-state index in [-0.39, 0.29) is 17.8 Å². The van der Waals surface area contributed by atoms with Gasteiger partial charge >= 0.3 is 6.03 Å². The molecule has 2 aromatic carbocycles. The maximum absolute atomic E-state index is 13.9. The second kappa shape index (κ2) is 8.40. The summed E-state index contributed by atoms with van der Waals surface area (Å²) in [6, 6.07) is 10.9. The van der Waals surface area contributed by atoms with Crippen LogP contribution in [0.1, 0.15) is 24.8 Å². The quantitative estimate of drug-likeness (QED) is 0.673. The van der Waals surface area contributed by atoms with Gasteiger partial charge in [-0.15, -0.1) is 0 Å². The molecule has 1 aliphatic rings.